The zero-order valence-corrected chi connectivity index (χ0v) is 9.65. The van der Waals surface area contributed by atoms with Crippen LogP contribution in [0.2, 0.25) is 0 Å². The lowest BCUT2D eigenvalue weighted by Gasteiger charge is -2.18. The number of rotatable bonds is 1. The number of primary amides is 1. The minimum absolute atomic E-state index is 0.0226. The smallest absolute Gasteiger partial charge is 0.236 e. The summed E-state index contributed by atoms with van der Waals surface area (Å²) in [5.41, 5.74) is 12.0. The van der Waals surface area contributed by atoms with Crippen molar-refractivity contribution in [3.05, 3.63) is 29.6 Å². The molecule has 1 fully saturated rings. The van der Waals surface area contributed by atoms with E-state index in [0.29, 0.717) is 13.0 Å². The standard InChI is InChI=1S/C12H14FN3O2/c13-8-3-1-2-7-9-6(4-5-18-11(7)8)10(12(14)17)16-15-9/h1-3,6,9-10,15-16H,4-5H2,(H2,14,17). The highest BCUT2D eigenvalue weighted by atomic mass is 19.1. The molecule has 0 aromatic heterocycles. The maximum absolute atomic E-state index is 13.7. The summed E-state index contributed by atoms with van der Waals surface area (Å²) in [6, 6.07) is 4.20. The molecule has 96 valence electrons. The van der Waals surface area contributed by atoms with Crippen LogP contribution in [0.4, 0.5) is 4.39 Å². The van der Waals surface area contributed by atoms with E-state index in [0.717, 1.165) is 5.56 Å². The fourth-order valence-electron chi connectivity index (χ4n) is 2.73. The molecule has 6 heteroatoms. The van der Waals surface area contributed by atoms with Gasteiger partial charge in [0.15, 0.2) is 11.6 Å². The van der Waals surface area contributed by atoms with Crippen LogP contribution in [0.25, 0.3) is 0 Å². The molecule has 0 radical (unpaired) electrons. The number of nitrogens with one attached hydrogen (secondary N) is 2. The second kappa shape index (κ2) is 4.22. The Kier molecular flexibility index (Phi) is 2.68. The molecule has 2 aliphatic rings. The monoisotopic (exact) mass is 251 g/mol. The van der Waals surface area contributed by atoms with Crippen molar-refractivity contribution < 1.29 is 13.9 Å². The Morgan fingerprint density at radius 3 is 3.06 bits per heavy atom. The number of carbonyl (C=O) groups excluding carboxylic acids is 1. The summed E-state index contributed by atoms with van der Waals surface area (Å²) < 4.78 is 19.1. The van der Waals surface area contributed by atoms with Crippen molar-refractivity contribution in [1.29, 1.82) is 0 Å². The molecule has 1 aromatic carbocycles. The highest BCUT2D eigenvalue weighted by Crippen LogP contribution is 2.39. The third kappa shape index (κ3) is 1.65. The van der Waals surface area contributed by atoms with Gasteiger partial charge in [0.25, 0.3) is 0 Å². The zero-order valence-electron chi connectivity index (χ0n) is 9.65. The first-order valence-electron chi connectivity index (χ1n) is 5.90. The molecule has 5 nitrogen and oxygen atoms in total. The number of amides is 1. The van der Waals surface area contributed by atoms with Crippen molar-refractivity contribution in [3.63, 3.8) is 0 Å². The second-order valence-electron chi connectivity index (χ2n) is 4.61. The van der Waals surface area contributed by atoms with E-state index >= 15 is 0 Å². The third-order valence-electron chi connectivity index (χ3n) is 3.59. The minimum atomic E-state index is -0.451. The summed E-state index contributed by atoms with van der Waals surface area (Å²) in [5, 5.41) is 0. The molecule has 1 amide bonds. The predicted molar refractivity (Wildman–Crippen MR) is 62.0 cm³/mol. The van der Waals surface area contributed by atoms with E-state index in [-0.39, 0.29) is 23.5 Å². The first-order chi connectivity index (χ1) is 8.68. The summed E-state index contributed by atoms with van der Waals surface area (Å²) >= 11 is 0. The van der Waals surface area contributed by atoms with Gasteiger partial charge in [0.2, 0.25) is 5.91 Å². The van der Waals surface area contributed by atoms with Gasteiger partial charge in [-0.3, -0.25) is 4.79 Å². The Hall–Kier alpha value is -1.66. The number of fused-ring (bicyclic) bond motifs is 3. The Morgan fingerprint density at radius 2 is 2.28 bits per heavy atom. The van der Waals surface area contributed by atoms with E-state index in [4.69, 9.17) is 10.5 Å². The molecule has 3 atom stereocenters. The summed E-state index contributed by atoms with van der Waals surface area (Å²) in [5.74, 6) is -0.540. The molecule has 2 aliphatic heterocycles. The summed E-state index contributed by atoms with van der Waals surface area (Å²) in [6.45, 7) is 0.377. The highest BCUT2D eigenvalue weighted by Gasteiger charge is 2.42. The van der Waals surface area contributed by atoms with Gasteiger partial charge in [-0.05, 0) is 12.5 Å². The first kappa shape index (κ1) is 11.4. The lowest BCUT2D eigenvalue weighted by molar-refractivity contribution is -0.120. The molecule has 0 spiro atoms. The third-order valence-corrected chi connectivity index (χ3v) is 3.59. The molecular formula is C12H14FN3O2. The average Bonchev–Trinajstić information content (AvgIpc) is 2.67. The van der Waals surface area contributed by atoms with E-state index in [1.165, 1.54) is 6.07 Å². The number of ether oxygens (including phenoxy) is 1. The predicted octanol–water partition coefficient (Wildman–Crippen LogP) is 0.227. The molecule has 0 saturated carbocycles. The Balaban J connectivity index is 2.02. The van der Waals surface area contributed by atoms with Gasteiger partial charge < -0.3 is 10.5 Å². The van der Waals surface area contributed by atoms with Gasteiger partial charge in [0.1, 0.15) is 6.04 Å². The van der Waals surface area contributed by atoms with Gasteiger partial charge in [0.05, 0.1) is 12.6 Å². The van der Waals surface area contributed by atoms with Crippen molar-refractivity contribution >= 4 is 5.91 Å². The largest absolute Gasteiger partial charge is 0.490 e. The fourth-order valence-corrected chi connectivity index (χ4v) is 2.73. The van der Waals surface area contributed by atoms with Crippen LogP contribution in [0, 0.1) is 11.7 Å². The van der Waals surface area contributed by atoms with Crippen molar-refractivity contribution in [2.24, 2.45) is 11.7 Å². The molecule has 0 bridgehead atoms. The maximum Gasteiger partial charge on any atom is 0.236 e. The Labute approximate surface area is 103 Å². The van der Waals surface area contributed by atoms with Crippen LogP contribution in [0.3, 0.4) is 0 Å². The number of hydrogen-bond acceptors (Lipinski definition) is 4. The number of hydrazine groups is 1. The van der Waals surface area contributed by atoms with Crippen LogP contribution >= 0.6 is 0 Å². The Morgan fingerprint density at radius 1 is 1.44 bits per heavy atom. The van der Waals surface area contributed by atoms with E-state index in [1.54, 1.807) is 12.1 Å². The summed E-state index contributed by atoms with van der Waals surface area (Å²) in [4.78, 5) is 11.4. The maximum atomic E-state index is 13.7. The van der Waals surface area contributed by atoms with Gasteiger partial charge in [-0.2, -0.15) is 0 Å². The molecule has 2 heterocycles. The molecule has 18 heavy (non-hydrogen) atoms. The number of para-hydroxylation sites is 1. The molecule has 1 aromatic rings. The normalized spacial score (nSPS) is 29.9. The number of halogens is 1. The van der Waals surface area contributed by atoms with Crippen molar-refractivity contribution in [2.45, 2.75) is 18.5 Å². The lowest BCUT2D eigenvalue weighted by Crippen LogP contribution is -2.43. The van der Waals surface area contributed by atoms with Crippen LogP contribution in [0.15, 0.2) is 18.2 Å². The van der Waals surface area contributed by atoms with Crippen molar-refractivity contribution in [2.75, 3.05) is 6.61 Å². The number of hydrogen-bond donors (Lipinski definition) is 3. The van der Waals surface area contributed by atoms with Gasteiger partial charge >= 0.3 is 0 Å². The summed E-state index contributed by atoms with van der Waals surface area (Å²) in [6.07, 6.45) is 0.645. The number of nitrogens with two attached hydrogens (primary N) is 1. The molecule has 4 N–H and O–H groups in total. The number of benzene rings is 1. The van der Waals surface area contributed by atoms with Crippen LogP contribution in [0.5, 0.6) is 5.75 Å². The molecular weight excluding hydrogens is 237 g/mol. The molecule has 0 aliphatic carbocycles. The lowest BCUT2D eigenvalue weighted by atomic mass is 9.87. The van der Waals surface area contributed by atoms with Gasteiger partial charge in [-0.1, -0.05) is 12.1 Å². The zero-order chi connectivity index (χ0) is 12.7. The van der Waals surface area contributed by atoms with E-state index in [9.17, 15) is 9.18 Å². The van der Waals surface area contributed by atoms with Crippen LogP contribution in [0.1, 0.15) is 18.0 Å². The van der Waals surface area contributed by atoms with Gasteiger partial charge in [-0.15, -0.1) is 0 Å². The quantitative estimate of drug-likeness (QED) is 0.667. The fraction of sp³-hybridized carbons (Fsp3) is 0.417. The summed E-state index contributed by atoms with van der Waals surface area (Å²) in [7, 11) is 0. The van der Waals surface area contributed by atoms with E-state index in [1.807, 2.05) is 0 Å². The van der Waals surface area contributed by atoms with Crippen LogP contribution in [-0.4, -0.2) is 18.6 Å². The van der Waals surface area contributed by atoms with E-state index < -0.39 is 11.9 Å². The van der Waals surface area contributed by atoms with Crippen molar-refractivity contribution in [1.82, 2.24) is 10.9 Å². The SMILES string of the molecule is NC(=O)C1NNC2c3cccc(F)c3OCCC12. The topological polar surface area (TPSA) is 76.4 Å². The molecule has 3 unspecified atom stereocenters. The first-order valence-corrected chi connectivity index (χ1v) is 5.90. The minimum Gasteiger partial charge on any atom is -0.490 e. The second-order valence-corrected chi connectivity index (χ2v) is 4.61. The van der Waals surface area contributed by atoms with E-state index in [2.05, 4.69) is 10.9 Å². The van der Waals surface area contributed by atoms with Gasteiger partial charge in [-0.25, -0.2) is 15.2 Å². The van der Waals surface area contributed by atoms with Crippen molar-refractivity contribution in [3.8, 4) is 5.75 Å². The molecule has 1 saturated heterocycles. The van der Waals surface area contributed by atoms with Gasteiger partial charge in [0, 0.05) is 11.5 Å². The average molecular weight is 251 g/mol. The Bertz CT molecular complexity index is 494. The van der Waals surface area contributed by atoms with Crippen LogP contribution < -0.4 is 21.3 Å². The molecule has 3 rings (SSSR count). The highest BCUT2D eigenvalue weighted by molar-refractivity contribution is 5.80. The number of carbonyl (C=O) groups is 1. The van der Waals surface area contributed by atoms with Crippen LogP contribution in [-0.2, 0) is 4.79 Å².